The van der Waals surface area contributed by atoms with E-state index in [-0.39, 0.29) is 0 Å². The van der Waals surface area contributed by atoms with Crippen LogP contribution in [0.1, 0.15) is 5.56 Å². The number of nitrogens with zero attached hydrogens (tertiary/aromatic N) is 5. The third-order valence-corrected chi connectivity index (χ3v) is 5.86. The summed E-state index contributed by atoms with van der Waals surface area (Å²) in [5, 5.41) is 8.94. The van der Waals surface area contributed by atoms with Gasteiger partial charge in [-0.15, -0.1) is 5.10 Å². The van der Waals surface area contributed by atoms with Gasteiger partial charge >= 0.3 is 0 Å². The molecule has 3 aromatic heterocycles. The summed E-state index contributed by atoms with van der Waals surface area (Å²) in [6.45, 7) is 0.576. The highest BCUT2D eigenvalue weighted by Crippen LogP contribution is 2.34. The largest absolute Gasteiger partial charge is 0.497 e. The minimum atomic E-state index is 0.546. The van der Waals surface area contributed by atoms with Crippen molar-refractivity contribution in [2.24, 2.45) is 0 Å². The molecule has 2 aromatic carbocycles. The number of rotatable bonds is 9. The van der Waals surface area contributed by atoms with Gasteiger partial charge in [-0.05, 0) is 48.4 Å². The second-order valence-corrected chi connectivity index (χ2v) is 7.93. The van der Waals surface area contributed by atoms with E-state index in [1.807, 2.05) is 42.5 Å². The zero-order valence-corrected chi connectivity index (χ0v) is 20.5. The van der Waals surface area contributed by atoms with Crippen LogP contribution in [-0.4, -0.2) is 59.5 Å². The van der Waals surface area contributed by atoms with Crippen molar-refractivity contribution >= 4 is 22.5 Å². The third kappa shape index (κ3) is 4.28. The zero-order chi connectivity index (χ0) is 25.1. The molecule has 0 fully saturated rings. The molecule has 0 saturated heterocycles. The van der Waals surface area contributed by atoms with Gasteiger partial charge < -0.3 is 24.3 Å². The van der Waals surface area contributed by atoms with E-state index in [1.165, 1.54) is 0 Å². The number of methoxy groups -OCH3 is 4. The van der Waals surface area contributed by atoms with Crippen LogP contribution in [0.25, 0.3) is 27.9 Å². The molecule has 0 spiro atoms. The number of benzene rings is 2. The van der Waals surface area contributed by atoms with Gasteiger partial charge in [0.2, 0.25) is 5.95 Å². The number of ether oxygens (including phenoxy) is 4. The van der Waals surface area contributed by atoms with Crippen LogP contribution in [0.3, 0.4) is 0 Å². The fourth-order valence-electron chi connectivity index (χ4n) is 4.05. The molecule has 0 aliphatic carbocycles. The average molecular weight is 487 g/mol. The van der Waals surface area contributed by atoms with Gasteiger partial charge in [-0.1, -0.05) is 0 Å². The smallest absolute Gasteiger partial charge is 0.226 e. The number of pyridine rings is 1. The first-order chi connectivity index (χ1) is 17.6. The molecule has 1 N–H and O–H groups in total. The molecule has 0 bridgehead atoms. The Balaban J connectivity index is 1.57. The Bertz CT molecular complexity index is 1520. The van der Waals surface area contributed by atoms with Gasteiger partial charge in [-0.2, -0.15) is 4.52 Å². The first kappa shape index (κ1) is 23.2. The van der Waals surface area contributed by atoms with Gasteiger partial charge in [-0.3, -0.25) is 4.98 Å². The third-order valence-electron chi connectivity index (χ3n) is 5.86. The van der Waals surface area contributed by atoms with Crippen molar-refractivity contribution in [2.45, 2.75) is 6.42 Å². The summed E-state index contributed by atoms with van der Waals surface area (Å²) in [4.78, 5) is 13.9. The second kappa shape index (κ2) is 9.95. The maximum atomic E-state index is 5.52. The quantitative estimate of drug-likeness (QED) is 0.331. The minimum Gasteiger partial charge on any atom is -0.497 e. The van der Waals surface area contributed by atoms with E-state index in [4.69, 9.17) is 34.0 Å². The average Bonchev–Trinajstić information content (AvgIpc) is 3.39. The Hall–Kier alpha value is -4.60. The number of hydrogen-bond donors (Lipinski definition) is 1. The fraction of sp³-hybridized carbons (Fsp3) is 0.231. The van der Waals surface area contributed by atoms with Crippen LogP contribution in [0.4, 0.5) is 5.95 Å². The summed E-state index contributed by atoms with van der Waals surface area (Å²) >= 11 is 0. The van der Waals surface area contributed by atoms with Crippen LogP contribution in [-0.2, 0) is 6.42 Å². The van der Waals surface area contributed by atoms with E-state index < -0.39 is 0 Å². The molecule has 0 saturated carbocycles. The Labute approximate surface area is 207 Å². The first-order valence-corrected chi connectivity index (χ1v) is 11.3. The SMILES string of the molecule is COc1ccc(OC)c(CCNc2nc3cc(OC)c(OC)cc3c3nc(-c4cccnc4)nn23)c1. The highest BCUT2D eigenvalue weighted by atomic mass is 16.5. The summed E-state index contributed by atoms with van der Waals surface area (Å²) in [5.74, 6) is 3.84. The van der Waals surface area contributed by atoms with Crippen molar-refractivity contribution < 1.29 is 18.9 Å². The molecule has 0 aliphatic heterocycles. The van der Waals surface area contributed by atoms with Gasteiger partial charge in [0, 0.05) is 36.0 Å². The summed E-state index contributed by atoms with van der Waals surface area (Å²) in [5.41, 5.74) is 3.16. The molecule has 0 unspecified atom stereocenters. The van der Waals surface area contributed by atoms with Gasteiger partial charge in [-0.25, -0.2) is 9.97 Å². The lowest BCUT2D eigenvalue weighted by Crippen LogP contribution is -2.12. The Kier molecular flexibility index (Phi) is 6.40. The van der Waals surface area contributed by atoms with Gasteiger partial charge in [0.1, 0.15) is 11.5 Å². The predicted molar refractivity (Wildman–Crippen MR) is 136 cm³/mol. The van der Waals surface area contributed by atoms with Crippen LogP contribution in [0.5, 0.6) is 23.0 Å². The van der Waals surface area contributed by atoms with Crippen molar-refractivity contribution in [3.05, 3.63) is 60.4 Å². The molecule has 10 heteroatoms. The van der Waals surface area contributed by atoms with Crippen LogP contribution < -0.4 is 24.3 Å². The summed E-state index contributed by atoms with van der Waals surface area (Å²) in [6, 6.07) is 13.2. The zero-order valence-electron chi connectivity index (χ0n) is 20.5. The number of fused-ring (bicyclic) bond motifs is 3. The van der Waals surface area contributed by atoms with Crippen molar-refractivity contribution in [1.82, 2.24) is 24.6 Å². The highest BCUT2D eigenvalue weighted by molar-refractivity contribution is 5.95. The van der Waals surface area contributed by atoms with Crippen molar-refractivity contribution in [3.8, 4) is 34.4 Å². The fourth-order valence-corrected chi connectivity index (χ4v) is 4.05. The van der Waals surface area contributed by atoms with Crippen LogP contribution in [0.2, 0.25) is 0 Å². The number of nitrogens with one attached hydrogen (secondary N) is 1. The predicted octanol–water partition coefficient (Wildman–Crippen LogP) is 4.03. The molecular weight excluding hydrogens is 460 g/mol. The number of anilines is 1. The monoisotopic (exact) mass is 486 g/mol. The molecule has 10 nitrogen and oxygen atoms in total. The van der Waals surface area contributed by atoms with Gasteiger partial charge in [0.25, 0.3) is 0 Å². The number of hydrogen-bond acceptors (Lipinski definition) is 9. The van der Waals surface area contributed by atoms with E-state index in [9.17, 15) is 0 Å². The van der Waals surface area contributed by atoms with E-state index in [0.717, 1.165) is 28.0 Å². The molecule has 0 amide bonds. The van der Waals surface area contributed by atoms with Gasteiger partial charge in [0.15, 0.2) is 23.0 Å². The lowest BCUT2D eigenvalue weighted by molar-refractivity contribution is 0.356. The van der Waals surface area contributed by atoms with Crippen LogP contribution >= 0.6 is 0 Å². The second-order valence-electron chi connectivity index (χ2n) is 7.93. The maximum absolute atomic E-state index is 5.52. The van der Waals surface area contributed by atoms with E-state index in [0.29, 0.717) is 47.4 Å². The lowest BCUT2D eigenvalue weighted by Gasteiger charge is -2.13. The van der Waals surface area contributed by atoms with E-state index in [1.54, 1.807) is 45.3 Å². The lowest BCUT2D eigenvalue weighted by atomic mass is 10.1. The first-order valence-electron chi connectivity index (χ1n) is 11.3. The summed E-state index contributed by atoms with van der Waals surface area (Å²) in [7, 11) is 6.50. The highest BCUT2D eigenvalue weighted by Gasteiger charge is 2.18. The van der Waals surface area contributed by atoms with Crippen molar-refractivity contribution in [3.63, 3.8) is 0 Å². The Morgan fingerprint density at radius 2 is 1.67 bits per heavy atom. The topological polar surface area (TPSA) is 105 Å². The Morgan fingerprint density at radius 3 is 2.39 bits per heavy atom. The van der Waals surface area contributed by atoms with E-state index in [2.05, 4.69) is 10.3 Å². The molecule has 0 radical (unpaired) electrons. The van der Waals surface area contributed by atoms with Crippen LogP contribution in [0.15, 0.2) is 54.9 Å². The summed E-state index contributed by atoms with van der Waals surface area (Å²) in [6.07, 6.45) is 4.13. The van der Waals surface area contributed by atoms with Gasteiger partial charge in [0.05, 0.1) is 34.0 Å². The minimum absolute atomic E-state index is 0.546. The molecule has 5 aromatic rings. The van der Waals surface area contributed by atoms with Crippen LogP contribution in [0, 0.1) is 0 Å². The van der Waals surface area contributed by atoms with Crippen molar-refractivity contribution in [2.75, 3.05) is 40.3 Å². The number of aromatic nitrogens is 5. The summed E-state index contributed by atoms with van der Waals surface area (Å²) < 4.78 is 23.6. The normalized spacial score (nSPS) is 11.0. The Morgan fingerprint density at radius 1 is 0.861 bits per heavy atom. The van der Waals surface area contributed by atoms with E-state index >= 15 is 0 Å². The molecule has 5 rings (SSSR count). The standard InChI is InChI=1S/C26H26N6O4/c1-33-18-7-8-21(34-2)16(12-18)9-11-28-26-29-20-14-23(36-4)22(35-3)13-19(20)25-30-24(31-32(25)26)17-6-5-10-27-15-17/h5-8,10,12-15H,9,11H2,1-4H3,(H,28,29). The maximum Gasteiger partial charge on any atom is 0.226 e. The molecule has 0 aliphatic rings. The molecule has 36 heavy (non-hydrogen) atoms. The molecule has 3 heterocycles. The van der Waals surface area contributed by atoms with Crippen molar-refractivity contribution in [1.29, 1.82) is 0 Å². The molecule has 184 valence electrons. The molecular formula is C26H26N6O4. The molecule has 0 atom stereocenters.